The van der Waals surface area contributed by atoms with E-state index in [9.17, 15) is 24.9 Å². The Morgan fingerprint density at radius 2 is 1.60 bits per heavy atom. The molecule has 2 N–H and O–H groups in total. The fourth-order valence-electron chi connectivity index (χ4n) is 3.51. The van der Waals surface area contributed by atoms with Gasteiger partial charge in [0.2, 0.25) is 0 Å². The predicted octanol–water partition coefficient (Wildman–Crippen LogP) is -1.67. The van der Waals surface area contributed by atoms with Gasteiger partial charge in [-0.15, -0.1) is 0 Å². The maximum Gasteiger partial charge on any atom is 1.00 e. The first-order chi connectivity index (χ1) is 11.4. The third kappa shape index (κ3) is 8.64. The van der Waals surface area contributed by atoms with E-state index in [1.54, 1.807) is 13.8 Å². The second-order valence-corrected chi connectivity index (χ2v) is 6.18. The van der Waals surface area contributed by atoms with E-state index in [-0.39, 0.29) is 75.4 Å². The van der Waals surface area contributed by atoms with Crippen LogP contribution in [0.1, 0.15) is 59.3 Å². The van der Waals surface area contributed by atoms with Gasteiger partial charge in [0.1, 0.15) is 12.6 Å². The first-order valence-corrected chi connectivity index (χ1v) is 8.97. The second kappa shape index (κ2) is 15.3. The molecule has 0 aromatic carbocycles. The molecule has 0 radical (unpaired) electrons. The molecule has 0 aromatic heterocycles. The summed E-state index contributed by atoms with van der Waals surface area (Å²) in [6.45, 7) is 5.77. The van der Waals surface area contributed by atoms with Gasteiger partial charge < -0.3 is 24.6 Å². The summed E-state index contributed by atoms with van der Waals surface area (Å²) in [4.78, 5) is 23.4. The molecule has 6 nitrogen and oxygen atoms in total. The zero-order valence-electron chi connectivity index (χ0n) is 16.2. The number of carboxylic acid groups (broad SMARTS) is 2. The van der Waals surface area contributed by atoms with E-state index in [4.69, 9.17) is 0 Å². The van der Waals surface area contributed by atoms with Crippen LogP contribution >= 0.6 is 0 Å². The average molecular weight is 383 g/mol. The van der Waals surface area contributed by atoms with E-state index < -0.39 is 24.0 Å². The van der Waals surface area contributed by atoms with Crippen LogP contribution in [0.15, 0.2) is 12.2 Å². The number of unbranched alkanes of at least 4 members (excludes halogenated alkanes) is 2. The average Bonchev–Trinajstić information content (AvgIpc) is 2.51. The van der Waals surface area contributed by atoms with Crippen LogP contribution in [0, 0.1) is 0 Å². The Hall–Kier alpha value is 0.236. The zero-order chi connectivity index (χ0) is 18.6. The normalized spacial score (nSPS) is 16.0. The summed E-state index contributed by atoms with van der Waals surface area (Å²) in [7, 11) is 0. The summed E-state index contributed by atoms with van der Waals surface area (Å²) in [6.07, 6.45) is 8.35. The first-order valence-electron chi connectivity index (χ1n) is 8.97. The van der Waals surface area contributed by atoms with Gasteiger partial charge in [-0.2, -0.15) is 0 Å². The Morgan fingerprint density at radius 1 is 1.04 bits per heavy atom. The minimum atomic E-state index is -1.25. The van der Waals surface area contributed by atoms with Gasteiger partial charge in [-0.25, -0.2) is 4.79 Å². The summed E-state index contributed by atoms with van der Waals surface area (Å²) >= 11 is 0. The number of allylic oxidation sites excluding steroid dienone is 1. The van der Waals surface area contributed by atoms with Gasteiger partial charge >= 0.3 is 57.4 Å². The van der Waals surface area contributed by atoms with Crippen LogP contribution in [-0.4, -0.2) is 58.4 Å². The van der Waals surface area contributed by atoms with E-state index in [0.29, 0.717) is 19.4 Å². The third-order valence-electron chi connectivity index (χ3n) is 4.69. The van der Waals surface area contributed by atoms with Crippen LogP contribution in [0.5, 0.6) is 0 Å². The maximum atomic E-state index is 11.7. The van der Waals surface area contributed by atoms with Crippen molar-refractivity contribution in [3.8, 4) is 0 Å². The number of nitrogens with zero attached hydrogens (tertiary/aromatic N) is 1. The quantitative estimate of drug-likeness (QED) is 0.162. The van der Waals surface area contributed by atoms with E-state index >= 15 is 0 Å². The van der Waals surface area contributed by atoms with Gasteiger partial charge in [-0.1, -0.05) is 45.8 Å². The number of hydrogen-bond donors (Lipinski definition) is 2. The summed E-state index contributed by atoms with van der Waals surface area (Å²) in [6, 6.07) is -1.81. The molecule has 0 aromatic rings. The standard InChI is InChI=1S/C18H33NO5.K/c1-4-7-8-9-10-11-12-19(13-14-20,15(5-2)17(21)22)16(6-3)18(23)24;/h9-10,15-16,20H,4-8,11-14H2,1-3H3,(H-,21,22,23,24);/q;+1/b10-9+;. The molecule has 0 saturated heterocycles. The number of hydrogen-bond acceptors (Lipinski definition) is 4. The SMILES string of the molecule is CCCC/C=C/CC[N+](CCO)(C(CC)C(=O)[O-])C(CC)C(=O)O.[K+]. The number of aliphatic carboxylic acids is 2. The van der Waals surface area contributed by atoms with Crippen molar-refractivity contribution in [1.29, 1.82) is 0 Å². The number of carbonyl (C=O) groups excluding carboxylic acids is 1. The molecule has 25 heavy (non-hydrogen) atoms. The molecule has 0 fully saturated rings. The van der Waals surface area contributed by atoms with Crippen molar-refractivity contribution in [1.82, 2.24) is 0 Å². The van der Waals surface area contributed by atoms with Crippen molar-refractivity contribution in [2.75, 3.05) is 19.7 Å². The molecular formula is C18H33KNO5+. The van der Waals surface area contributed by atoms with Gasteiger partial charge in [0, 0.05) is 19.3 Å². The molecule has 0 aliphatic heterocycles. The number of aliphatic hydroxyl groups is 1. The van der Waals surface area contributed by atoms with E-state index in [1.165, 1.54) is 0 Å². The van der Waals surface area contributed by atoms with Gasteiger partial charge in [-0.3, -0.25) is 0 Å². The molecule has 3 unspecified atom stereocenters. The smallest absolute Gasteiger partial charge is 0.544 e. The minimum Gasteiger partial charge on any atom is -0.544 e. The molecule has 3 atom stereocenters. The largest absolute Gasteiger partial charge is 1.00 e. The van der Waals surface area contributed by atoms with Crippen LogP contribution in [0.4, 0.5) is 0 Å². The summed E-state index contributed by atoms with van der Waals surface area (Å²) in [5.74, 6) is -2.28. The predicted molar refractivity (Wildman–Crippen MR) is 91.2 cm³/mol. The summed E-state index contributed by atoms with van der Waals surface area (Å²) in [5.41, 5.74) is 0. The number of rotatable bonds is 14. The van der Waals surface area contributed by atoms with Gasteiger partial charge in [-0.05, 0) is 6.42 Å². The molecule has 0 spiro atoms. The molecule has 0 bridgehead atoms. The number of quaternary nitrogens is 1. The molecule has 0 heterocycles. The van der Waals surface area contributed by atoms with E-state index in [0.717, 1.165) is 19.3 Å². The van der Waals surface area contributed by atoms with Gasteiger partial charge in [0.15, 0.2) is 6.04 Å². The molecular weight excluding hydrogens is 349 g/mol. The Balaban J connectivity index is 0. The molecule has 0 amide bonds. The Labute approximate surface area is 194 Å². The monoisotopic (exact) mass is 382 g/mol. The topological polar surface area (TPSA) is 97.7 Å². The first kappa shape index (κ1) is 27.5. The van der Waals surface area contributed by atoms with Crippen LogP contribution in [0.2, 0.25) is 0 Å². The summed E-state index contributed by atoms with van der Waals surface area (Å²) in [5, 5.41) is 30.7. The van der Waals surface area contributed by atoms with E-state index in [2.05, 4.69) is 13.0 Å². The van der Waals surface area contributed by atoms with Crippen LogP contribution in [-0.2, 0) is 9.59 Å². The minimum absolute atomic E-state index is 0. The Bertz CT molecular complexity index is 392. The molecule has 0 rings (SSSR count). The summed E-state index contributed by atoms with van der Waals surface area (Å²) < 4.78 is -0.167. The van der Waals surface area contributed by atoms with Crippen molar-refractivity contribution >= 4 is 11.9 Å². The Morgan fingerprint density at radius 3 is 2.00 bits per heavy atom. The van der Waals surface area contributed by atoms with Gasteiger partial charge in [0.05, 0.1) is 19.1 Å². The van der Waals surface area contributed by atoms with Crippen molar-refractivity contribution in [3.63, 3.8) is 0 Å². The third-order valence-corrected chi connectivity index (χ3v) is 4.69. The molecule has 140 valence electrons. The number of aliphatic hydroxyl groups excluding tert-OH is 1. The maximum absolute atomic E-state index is 11.7. The van der Waals surface area contributed by atoms with Crippen LogP contribution in [0.25, 0.3) is 0 Å². The Kier molecular flexibility index (Phi) is 16.8. The van der Waals surface area contributed by atoms with Crippen molar-refractivity contribution in [2.45, 2.75) is 71.4 Å². The van der Waals surface area contributed by atoms with Crippen LogP contribution in [0.3, 0.4) is 0 Å². The zero-order valence-corrected chi connectivity index (χ0v) is 19.4. The molecule has 7 heteroatoms. The fourth-order valence-corrected chi connectivity index (χ4v) is 3.51. The second-order valence-electron chi connectivity index (χ2n) is 6.18. The number of carbonyl (C=O) groups is 2. The fraction of sp³-hybridized carbons (Fsp3) is 0.778. The van der Waals surface area contributed by atoms with E-state index in [1.807, 2.05) is 6.08 Å². The number of carboxylic acids is 2. The van der Waals surface area contributed by atoms with Crippen molar-refractivity contribution in [3.05, 3.63) is 12.2 Å². The molecule has 0 aliphatic rings. The van der Waals surface area contributed by atoms with Crippen LogP contribution < -0.4 is 56.5 Å². The van der Waals surface area contributed by atoms with Crippen molar-refractivity contribution < 1.29 is 80.8 Å². The molecule has 0 saturated carbocycles. The van der Waals surface area contributed by atoms with Crippen molar-refractivity contribution in [2.24, 2.45) is 0 Å². The van der Waals surface area contributed by atoms with Gasteiger partial charge in [0.25, 0.3) is 0 Å². The molecule has 0 aliphatic carbocycles.